The van der Waals surface area contributed by atoms with E-state index in [2.05, 4.69) is 13.2 Å². The fourth-order valence-corrected chi connectivity index (χ4v) is 2.16. The minimum absolute atomic E-state index is 0.0176. The molecule has 0 radical (unpaired) electrons. The molecule has 0 aromatic heterocycles. The van der Waals surface area contributed by atoms with Crippen LogP contribution < -0.4 is 10.5 Å². The van der Waals surface area contributed by atoms with Crippen molar-refractivity contribution in [3.63, 3.8) is 0 Å². The van der Waals surface area contributed by atoms with Crippen molar-refractivity contribution in [1.29, 1.82) is 0 Å². The molecular weight excluding hydrogens is 260 g/mol. The average Bonchev–Trinajstić information content (AvgIpc) is 2.41. The van der Waals surface area contributed by atoms with Crippen LogP contribution in [0.5, 0.6) is 5.75 Å². The Balaban J connectivity index is 2.42. The lowest BCUT2D eigenvalue weighted by Gasteiger charge is -2.24. The summed E-state index contributed by atoms with van der Waals surface area (Å²) in [5.41, 5.74) is 6.28. The van der Waals surface area contributed by atoms with Gasteiger partial charge in [0.2, 0.25) is 0 Å². The summed E-state index contributed by atoms with van der Waals surface area (Å²) in [5, 5.41) is 0. The minimum atomic E-state index is -0.0176. The van der Waals surface area contributed by atoms with Gasteiger partial charge in [-0.05, 0) is 37.5 Å². The largest absolute Gasteiger partial charge is 0.484 e. The molecule has 1 aromatic carbocycles. The number of benzene rings is 1. The Morgan fingerprint density at radius 2 is 2.26 bits per heavy atom. The van der Waals surface area contributed by atoms with Gasteiger partial charge < -0.3 is 15.4 Å². The summed E-state index contributed by atoms with van der Waals surface area (Å²) < 4.78 is 5.45. The Morgan fingerprint density at radius 1 is 1.53 bits per heavy atom. The molecule has 0 aliphatic rings. The second-order valence-electron chi connectivity index (χ2n) is 4.50. The number of hydrogen-bond donors (Lipinski definition) is 1. The number of ether oxygens (including phenoxy) is 1. The average molecular weight is 282 g/mol. The number of nitrogens with zero attached hydrogens (tertiary/aromatic N) is 1. The number of likely N-dealkylation sites (N-methyl/N-ethyl adjacent to an activating group) is 1. The molecule has 1 aromatic rings. The highest BCUT2D eigenvalue weighted by molar-refractivity contribution is 7.98. The number of nitrogen functional groups attached to an aromatic ring is 1. The normalized spacial score (nSPS) is 11.9. The number of carbonyl (C=O) groups excluding carboxylic acids is 1. The van der Waals surface area contributed by atoms with Gasteiger partial charge in [0.25, 0.3) is 5.91 Å². The molecule has 5 heteroatoms. The smallest absolute Gasteiger partial charge is 0.260 e. The number of hydrogen-bond acceptors (Lipinski definition) is 4. The second-order valence-corrected chi connectivity index (χ2v) is 5.48. The van der Waals surface area contributed by atoms with Crippen molar-refractivity contribution < 1.29 is 9.53 Å². The molecule has 0 saturated carbocycles. The fraction of sp³-hybridized carbons (Fsp3) is 0.500. The van der Waals surface area contributed by atoms with Crippen LogP contribution in [-0.2, 0) is 4.79 Å². The van der Waals surface area contributed by atoms with Gasteiger partial charge in [-0.3, -0.25) is 4.79 Å². The summed E-state index contributed by atoms with van der Waals surface area (Å²) in [5.74, 6) is 1.66. The number of nitrogens with two attached hydrogens (primary N) is 1. The highest BCUT2D eigenvalue weighted by atomic mass is 32.2. The summed E-state index contributed by atoms with van der Waals surface area (Å²) in [6.07, 6.45) is 3.05. The van der Waals surface area contributed by atoms with Gasteiger partial charge in [0, 0.05) is 24.8 Å². The molecule has 0 bridgehead atoms. The van der Waals surface area contributed by atoms with E-state index >= 15 is 0 Å². The van der Waals surface area contributed by atoms with Gasteiger partial charge in [0.05, 0.1) is 0 Å². The first kappa shape index (κ1) is 15.7. The minimum Gasteiger partial charge on any atom is -0.484 e. The summed E-state index contributed by atoms with van der Waals surface area (Å²) in [6.45, 7) is 2.10. The molecule has 1 rings (SSSR count). The number of carbonyl (C=O) groups is 1. The lowest BCUT2D eigenvalue weighted by atomic mass is 10.2. The Labute approximate surface area is 119 Å². The number of thioether (sulfide) groups is 1. The van der Waals surface area contributed by atoms with E-state index in [-0.39, 0.29) is 18.6 Å². The lowest BCUT2D eigenvalue weighted by Crippen LogP contribution is -2.38. The van der Waals surface area contributed by atoms with Gasteiger partial charge >= 0.3 is 0 Å². The van der Waals surface area contributed by atoms with Crippen molar-refractivity contribution in [2.24, 2.45) is 0 Å². The summed E-state index contributed by atoms with van der Waals surface area (Å²) in [4.78, 5) is 13.7. The van der Waals surface area contributed by atoms with Gasteiger partial charge in [-0.2, -0.15) is 11.8 Å². The molecule has 1 atom stereocenters. The molecule has 0 saturated heterocycles. The van der Waals surface area contributed by atoms with Crippen molar-refractivity contribution in [1.82, 2.24) is 4.90 Å². The third-order valence-electron chi connectivity index (χ3n) is 3.01. The quantitative estimate of drug-likeness (QED) is 0.779. The zero-order valence-electron chi connectivity index (χ0n) is 11.8. The Morgan fingerprint density at radius 3 is 2.89 bits per heavy atom. The Hall–Kier alpha value is -1.36. The number of anilines is 1. The van der Waals surface area contributed by atoms with Gasteiger partial charge in [-0.25, -0.2) is 0 Å². The fourth-order valence-electron chi connectivity index (χ4n) is 1.58. The van der Waals surface area contributed by atoms with Gasteiger partial charge in [0.15, 0.2) is 6.61 Å². The molecule has 2 N–H and O–H groups in total. The van der Waals surface area contributed by atoms with Gasteiger partial charge in [0.1, 0.15) is 5.75 Å². The summed E-state index contributed by atoms with van der Waals surface area (Å²) in [7, 11) is 1.82. The van der Waals surface area contributed by atoms with E-state index in [9.17, 15) is 4.79 Å². The van der Waals surface area contributed by atoms with Crippen LogP contribution in [0.3, 0.4) is 0 Å². The highest BCUT2D eigenvalue weighted by Crippen LogP contribution is 2.14. The summed E-state index contributed by atoms with van der Waals surface area (Å²) >= 11 is 1.79. The SMILES string of the molecule is CSCCC(C)N(C)C(=O)COc1cccc(N)c1. The maximum absolute atomic E-state index is 12.0. The van der Waals surface area contributed by atoms with E-state index in [0.29, 0.717) is 11.4 Å². The van der Waals surface area contributed by atoms with Crippen LogP contribution in [0, 0.1) is 0 Å². The van der Waals surface area contributed by atoms with E-state index in [1.54, 1.807) is 40.9 Å². The molecule has 0 spiro atoms. The summed E-state index contributed by atoms with van der Waals surface area (Å²) in [6, 6.07) is 7.32. The van der Waals surface area contributed by atoms with Crippen LogP contribution in [0.25, 0.3) is 0 Å². The molecule has 1 unspecified atom stereocenters. The first-order valence-corrected chi connectivity index (χ1v) is 7.67. The van der Waals surface area contributed by atoms with Crippen LogP contribution in [0.2, 0.25) is 0 Å². The topological polar surface area (TPSA) is 55.6 Å². The predicted octanol–water partition coefficient (Wildman–Crippen LogP) is 2.25. The molecule has 1 amide bonds. The third kappa shape index (κ3) is 5.42. The predicted molar refractivity (Wildman–Crippen MR) is 81.6 cm³/mol. The maximum atomic E-state index is 12.0. The van der Waals surface area contributed by atoms with E-state index in [1.165, 1.54) is 0 Å². The van der Waals surface area contributed by atoms with Crippen LogP contribution in [0.15, 0.2) is 24.3 Å². The van der Waals surface area contributed by atoms with Crippen molar-refractivity contribution in [3.05, 3.63) is 24.3 Å². The van der Waals surface area contributed by atoms with Gasteiger partial charge in [-0.1, -0.05) is 6.07 Å². The van der Waals surface area contributed by atoms with E-state index < -0.39 is 0 Å². The van der Waals surface area contributed by atoms with E-state index in [4.69, 9.17) is 10.5 Å². The van der Waals surface area contributed by atoms with Crippen molar-refractivity contribution >= 4 is 23.4 Å². The number of amides is 1. The molecule has 0 fully saturated rings. The highest BCUT2D eigenvalue weighted by Gasteiger charge is 2.15. The number of rotatable bonds is 7. The lowest BCUT2D eigenvalue weighted by molar-refractivity contribution is -0.133. The molecule has 19 heavy (non-hydrogen) atoms. The third-order valence-corrected chi connectivity index (χ3v) is 3.66. The zero-order chi connectivity index (χ0) is 14.3. The van der Waals surface area contributed by atoms with Crippen molar-refractivity contribution in [2.75, 3.05) is 31.4 Å². The Bertz CT molecular complexity index is 412. The van der Waals surface area contributed by atoms with E-state index in [0.717, 1.165) is 12.2 Å². The van der Waals surface area contributed by atoms with Crippen molar-refractivity contribution in [3.8, 4) is 5.75 Å². The van der Waals surface area contributed by atoms with Gasteiger partial charge in [-0.15, -0.1) is 0 Å². The molecule has 0 aliphatic carbocycles. The van der Waals surface area contributed by atoms with Crippen molar-refractivity contribution in [2.45, 2.75) is 19.4 Å². The Kier molecular flexibility index (Phi) is 6.56. The van der Waals surface area contributed by atoms with Crippen LogP contribution in [0.1, 0.15) is 13.3 Å². The van der Waals surface area contributed by atoms with Crippen LogP contribution in [-0.4, -0.2) is 42.5 Å². The molecule has 4 nitrogen and oxygen atoms in total. The van der Waals surface area contributed by atoms with Crippen LogP contribution >= 0.6 is 11.8 Å². The molecule has 106 valence electrons. The second kappa shape index (κ2) is 7.94. The van der Waals surface area contributed by atoms with Crippen LogP contribution in [0.4, 0.5) is 5.69 Å². The molecule has 0 heterocycles. The molecule has 0 aliphatic heterocycles. The maximum Gasteiger partial charge on any atom is 0.260 e. The zero-order valence-corrected chi connectivity index (χ0v) is 12.6. The molecular formula is C14H22N2O2S. The van der Waals surface area contributed by atoms with E-state index in [1.807, 2.05) is 7.05 Å². The monoisotopic (exact) mass is 282 g/mol. The first-order valence-electron chi connectivity index (χ1n) is 6.27. The first-order chi connectivity index (χ1) is 9.04. The standard InChI is InChI=1S/C14H22N2O2S/c1-11(7-8-19-3)16(2)14(17)10-18-13-6-4-5-12(15)9-13/h4-6,9,11H,7-8,10,15H2,1-3H3.